The Kier molecular flexibility index (Phi) is 8.24. The Morgan fingerprint density at radius 2 is 2.00 bits per heavy atom. The molecule has 0 aliphatic heterocycles. The first-order valence-corrected chi connectivity index (χ1v) is 5.10. The lowest BCUT2D eigenvalue weighted by atomic mass is 10.1. The molecule has 10 heavy (non-hydrogen) atoms. The fourth-order valence-electron chi connectivity index (χ4n) is 0.900. The smallest absolute Gasteiger partial charge is 0.0233 e. The summed E-state index contributed by atoms with van der Waals surface area (Å²) in [4.78, 5) is 0. The Morgan fingerprint density at radius 1 is 1.30 bits per heavy atom. The van der Waals surface area contributed by atoms with Gasteiger partial charge < -0.3 is 0 Å². The molecule has 0 rings (SSSR count). The summed E-state index contributed by atoms with van der Waals surface area (Å²) in [6, 6.07) is 0. The van der Waals surface area contributed by atoms with E-state index in [1.807, 2.05) is 0 Å². The van der Waals surface area contributed by atoms with Gasteiger partial charge in [-0.2, -0.15) is 12.6 Å². The predicted octanol–water partition coefficient (Wildman–Crippen LogP) is 3.49. The molecule has 0 amide bonds. The van der Waals surface area contributed by atoms with E-state index < -0.39 is 0 Å². The summed E-state index contributed by atoms with van der Waals surface area (Å²) in [6.45, 7) is 2.22. The number of thiol groups is 1. The lowest BCUT2D eigenvalue weighted by Gasteiger charge is -2.06. The zero-order valence-corrected chi connectivity index (χ0v) is 8.30. The number of alkyl halides is 1. The maximum absolute atomic E-state index is 5.56. The van der Waals surface area contributed by atoms with Crippen LogP contribution in [0.4, 0.5) is 0 Å². The topological polar surface area (TPSA) is 0 Å². The standard InChI is InChI=1S/C8H17ClS/c1-2-3-4-5-8(10)6-7-9/h8,10H,2-7H2,1H3/t8-/m0/s1. The summed E-state index contributed by atoms with van der Waals surface area (Å²) in [6.07, 6.45) is 6.21. The quantitative estimate of drug-likeness (QED) is 0.361. The fraction of sp³-hybridized carbons (Fsp3) is 1.00. The molecule has 0 radical (unpaired) electrons. The Balaban J connectivity index is 2.97. The number of hydrogen-bond acceptors (Lipinski definition) is 1. The second-order valence-corrected chi connectivity index (χ2v) is 3.74. The molecule has 0 aromatic rings. The summed E-state index contributed by atoms with van der Waals surface area (Å²) in [5, 5.41) is 0.532. The third-order valence-corrected chi connectivity index (χ3v) is 2.32. The van der Waals surface area contributed by atoms with Crippen LogP contribution in [0.15, 0.2) is 0 Å². The van der Waals surface area contributed by atoms with Gasteiger partial charge in [-0.3, -0.25) is 0 Å². The first-order chi connectivity index (χ1) is 4.81. The summed E-state index contributed by atoms with van der Waals surface area (Å²) in [5.41, 5.74) is 0. The van der Waals surface area contributed by atoms with Gasteiger partial charge in [0.15, 0.2) is 0 Å². The predicted molar refractivity (Wildman–Crippen MR) is 52.3 cm³/mol. The van der Waals surface area contributed by atoms with Crippen molar-refractivity contribution in [3.63, 3.8) is 0 Å². The van der Waals surface area contributed by atoms with Crippen molar-refractivity contribution in [2.24, 2.45) is 0 Å². The van der Waals surface area contributed by atoms with Crippen LogP contribution >= 0.6 is 24.2 Å². The molecule has 0 spiro atoms. The normalized spacial score (nSPS) is 13.5. The van der Waals surface area contributed by atoms with Crippen molar-refractivity contribution < 1.29 is 0 Å². The van der Waals surface area contributed by atoms with Crippen molar-refractivity contribution >= 4 is 24.2 Å². The Bertz CT molecular complexity index is 66.3. The minimum absolute atomic E-state index is 0.532. The van der Waals surface area contributed by atoms with E-state index in [1.165, 1.54) is 25.7 Å². The molecule has 0 saturated carbocycles. The van der Waals surface area contributed by atoms with Gasteiger partial charge in [0.1, 0.15) is 0 Å². The van der Waals surface area contributed by atoms with Crippen molar-refractivity contribution in [1.82, 2.24) is 0 Å². The molecule has 0 saturated heterocycles. The highest BCUT2D eigenvalue weighted by molar-refractivity contribution is 7.80. The minimum Gasteiger partial charge on any atom is -0.176 e. The van der Waals surface area contributed by atoms with Gasteiger partial charge in [-0.05, 0) is 12.8 Å². The second kappa shape index (κ2) is 7.74. The first-order valence-electron chi connectivity index (χ1n) is 4.05. The maximum Gasteiger partial charge on any atom is 0.0233 e. The van der Waals surface area contributed by atoms with Crippen LogP contribution in [0.1, 0.15) is 39.0 Å². The summed E-state index contributed by atoms with van der Waals surface area (Å²) < 4.78 is 0. The lowest BCUT2D eigenvalue weighted by molar-refractivity contribution is 0.639. The van der Waals surface area contributed by atoms with E-state index in [-0.39, 0.29) is 0 Å². The highest BCUT2D eigenvalue weighted by atomic mass is 35.5. The molecule has 0 aliphatic carbocycles. The molecule has 0 nitrogen and oxygen atoms in total. The number of rotatable bonds is 6. The number of hydrogen-bond donors (Lipinski definition) is 1. The van der Waals surface area contributed by atoms with Crippen LogP contribution in [-0.2, 0) is 0 Å². The molecule has 0 unspecified atom stereocenters. The lowest BCUT2D eigenvalue weighted by Crippen LogP contribution is -1.98. The molecule has 2 heteroatoms. The molecular weight excluding hydrogens is 164 g/mol. The van der Waals surface area contributed by atoms with Crippen LogP contribution in [0.25, 0.3) is 0 Å². The van der Waals surface area contributed by atoms with E-state index in [1.54, 1.807) is 0 Å². The number of unbranched alkanes of at least 4 members (excludes halogenated alkanes) is 2. The molecule has 0 heterocycles. The first kappa shape index (κ1) is 10.6. The summed E-state index contributed by atoms with van der Waals surface area (Å²) in [5.74, 6) is 0.750. The highest BCUT2D eigenvalue weighted by Gasteiger charge is 1.99. The van der Waals surface area contributed by atoms with Gasteiger partial charge in [0, 0.05) is 11.1 Å². The fourth-order valence-corrected chi connectivity index (χ4v) is 1.63. The van der Waals surface area contributed by atoms with Crippen LogP contribution in [0.5, 0.6) is 0 Å². The molecular formula is C8H17ClS. The van der Waals surface area contributed by atoms with Gasteiger partial charge in [-0.25, -0.2) is 0 Å². The molecule has 0 bridgehead atoms. The van der Waals surface area contributed by atoms with Gasteiger partial charge in [-0.15, -0.1) is 11.6 Å². The van der Waals surface area contributed by atoms with Crippen LogP contribution in [0.2, 0.25) is 0 Å². The summed E-state index contributed by atoms with van der Waals surface area (Å²) >= 11 is 9.96. The maximum atomic E-state index is 5.56. The monoisotopic (exact) mass is 180 g/mol. The largest absolute Gasteiger partial charge is 0.176 e. The molecule has 0 N–H and O–H groups in total. The van der Waals surface area contributed by atoms with E-state index >= 15 is 0 Å². The van der Waals surface area contributed by atoms with Crippen LogP contribution in [0, 0.1) is 0 Å². The van der Waals surface area contributed by atoms with Gasteiger partial charge in [-0.1, -0.05) is 26.2 Å². The van der Waals surface area contributed by atoms with Gasteiger partial charge in [0.2, 0.25) is 0 Å². The van der Waals surface area contributed by atoms with Gasteiger partial charge >= 0.3 is 0 Å². The Hall–Kier alpha value is 0.640. The van der Waals surface area contributed by atoms with Crippen molar-refractivity contribution in [3.8, 4) is 0 Å². The van der Waals surface area contributed by atoms with E-state index in [9.17, 15) is 0 Å². The van der Waals surface area contributed by atoms with Gasteiger partial charge in [0.25, 0.3) is 0 Å². The number of halogens is 1. The van der Waals surface area contributed by atoms with Crippen LogP contribution in [-0.4, -0.2) is 11.1 Å². The third kappa shape index (κ3) is 6.76. The van der Waals surface area contributed by atoms with Crippen LogP contribution in [0.3, 0.4) is 0 Å². The molecule has 62 valence electrons. The van der Waals surface area contributed by atoms with Crippen molar-refractivity contribution in [2.45, 2.75) is 44.3 Å². The average molecular weight is 181 g/mol. The molecule has 0 aromatic carbocycles. The van der Waals surface area contributed by atoms with E-state index in [2.05, 4.69) is 19.6 Å². The van der Waals surface area contributed by atoms with Crippen LogP contribution < -0.4 is 0 Å². The van der Waals surface area contributed by atoms with Crippen molar-refractivity contribution in [2.75, 3.05) is 5.88 Å². The Morgan fingerprint density at radius 3 is 2.50 bits per heavy atom. The zero-order valence-electron chi connectivity index (χ0n) is 6.65. The average Bonchev–Trinajstić information content (AvgIpc) is 1.89. The molecule has 0 aromatic heterocycles. The van der Waals surface area contributed by atoms with E-state index in [0.717, 1.165) is 12.3 Å². The summed E-state index contributed by atoms with van der Waals surface area (Å²) in [7, 11) is 0. The van der Waals surface area contributed by atoms with E-state index in [0.29, 0.717) is 5.25 Å². The third-order valence-electron chi connectivity index (χ3n) is 1.58. The second-order valence-electron chi connectivity index (χ2n) is 2.63. The van der Waals surface area contributed by atoms with Crippen molar-refractivity contribution in [1.29, 1.82) is 0 Å². The highest BCUT2D eigenvalue weighted by Crippen LogP contribution is 2.12. The Labute approximate surface area is 74.8 Å². The molecule has 1 atom stereocenters. The zero-order chi connectivity index (χ0) is 7.82. The van der Waals surface area contributed by atoms with E-state index in [4.69, 9.17) is 11.6 Å². The van der Waals surface area contributed by atoms with Crippen molar-refractivity contribution in [3.05, 3.63) is 0 Å². The van der Waals surface area contributed by atoms with Gasteiger partial charge in [0.05, 0.1) is 0 Å². The minimum atomic E-state index is 0.532. The molecule has 0 fully saturated rings. The molecule has 0 aliphatic rings. The SMILES string of the molecule is CCCCC[C@H](S)CCCl.